The zero-order chi connectivity index (χ0) is 15.6. The minimum atomic E-state index is -3.35. The third-order valence-corrected chi connectivity index (χ3v) is 6.90. The highest BCUT2D eigenvalue weighted by molar-refractivity contribution is 7.91. The van der Waals surface area contributed by atoms with E-state index in [2.05, 4.69) is 28.6 Å². The van der Waals surface area contributed by atoms with E-state index in [1.807, 2.05) is 6.92 Å². The quantitative estimate of drug-likeness (QED) is 0.855. The number of nitrogen functional groups attached to an aromatic ring is 1. The van der Waals surface area contributed by atoms with Gasteiger partial charge in [-0.05, 0) is 44.8 Å². The number of rotatable bonds is 5. The summed E-state index contributed by atoms with van der Waals surface area (Å²) in [5.41, 5.74) is 5.78. The van der Waals surface area contributed by atoms with Crippen LogP contribution in [-0.2, 0) is 9.84 Å². The van der Waals surface area contributed by atoms with Crippen LogP contribution >= 0.6 is 11.5 Å². The summed E-state index contributed by atoms with van der Waals surface area (Å²) in [5, 5.41) is 3.96. The van der Waals surface area contributed by atoms with Gasteiger partial charge in [0.15, 0.2) is 15.7 Å². The first kappa shape index (κ1) is 16.5. The molecule has 3 N–H and O–H groups in total. The summed E-state index contributed by atoms with van der Waals surface area (Å²) in [6.07, 6.45) is 2.55. The topological polar surface area (TPSA) is 88.3 Å². The van der Waals surface area contributed by atoms with E-state index in [1.54, 1.807) is 0 Å². The Morgan fingerprint density at radius 3 is 2.86 bits per heavy atom. The largest absolute Gasteiger partial charge is 0.382 e. The lowest BCUT2D eigenvalue weighted by molar-refractivity contribution is 0.190. The highest BCUT2D eigenvalue weighted by Gasteiger charge is 2.28. The maximum Gasteiger partial charge on any atom is 0.185 e. The average Bonchev–Trinajstić information content (AvgIpc) is 2.76. The molecule has 2 rings (SSSR count). The molecule has 0 saturated carbocycles. The average molecular weight is 332 g/mol. The van der Waals surface area contributed by atoms with Crippen molar-refractivity contribution in [3.05, 3.63) is 0 Å². The molecular weight excluding hydrogens is 308 g/mol. The van der Waals surface area contributed by atoms with Crippen molar-refractivity contribution in [3.8, 4) is 0 Å². The number of aromatic nitrogens is 1. The Balaban J connectivity index is 2.19. The minimum absolute atomic E-state index is 0.105. The second-order valence-corrected chi connectivity index (χ2v) is 8.56. The number of nitrogens with two attached hydrogens (primary N) is 1. The maximum atomic E-state index is 12.3. The number of likely N-dealkylation sites (tertiary alicyclic amines) is 1. The number of hydrogen-bond acceptors (Lipinski definition) is 7. The summed E-state index contributed by atoms with van der Waals surface area (Å²) >= 11 is 1.15. The molecule has 1 aliphatic heterocycles. The molecule has 1 aromatic rings. The fourth-order valence-electron chi connectivity index (χ4n) is 2.66. The molecule has 0 aromatic carbocycles. The Labute approximate surface area is 130 Å². The Hall–Kier alpha value is -0.860. The van der Waals surface area contributed by atoms with Crippen LogP contribution in [0, 0.1) is 0 Å². The summed E-state index contributed by atoms with van der Waals surface area (Å²) < 4.78 is 28.7. The molecule has 0 radical (unpaired) electrons. The number of nitrogens with one attached hydrogen (secondary N) is 1. The molecule has 0 aliphatic carbocycles. The molecule has 2 heterocycles. The molecule has 2 unspecified atom stereocenters. The summed E-state index contributed by atoms with van der Waals surface area (Å²) in [6, 6.07) is 0.754. The van der Waals surface area contributed by atoms with Crippen LogP contribution in [-0.4, -0.2) is 49.1 Å². The SMILES string of the molecule is CCCS(=O)(=O)c1c(N)nsc1NC1CCN(C)C(C)C1. The van der Waals surface area contributed by atoms with Gasteiger partial charge in [0.1, 0.15) is 9.90 Å². The number of nitrogens with zero attached hydrogens (tertiary/aromatic N) is 2. The Kier molecular flexibility index (Phi) is 5.11. The maximum absolute atomic E-state index is 12.3. The molecular formula is C13H24N4O2S2. The number of anilines is 2. The first-order valence-electron chi connectivity index (χ1n) is 7.29. The second-order valence-electron chi connectivity index (χ2n) is 5.74. The van der Waals surface area contributed by atoms with Crippen molar-refractivity contribution in [3.63, 3.8) is 0 Å². The van der Waals surface area contributed by atoms with Crippen molar-refractivity contribution in [2.24, 2.45) is 0 Å². The van der Waals surface area contributed by atoms with Crippen molar-refractivity contribution in [1.29, 1.82) is 0 Å². The summed E-state index contributed by atoms with van der Waals surface area (Å²) in [5.74, 6) is 0.227. The number of sulfone groups is 1. The van der Waals surface area contributed by atoms with Gasteiger partial charge < -0.3 is 16.0 Å². The Bertz CT molecular complexity index is 585. The van der Waals surface area contributed by atoms with Crippen molar-refractivity contribution in [2.45, 2.75) is 50.1 Å². The van der Waals surface area contributed by atoms with Gasteiger partial charge >= 0.3 is 0 Å². The Morgan fingerprint density at radius 2 is 2.24 bits per heavy atom. The smallest absolute Gasteiger partial charge is 0.185 e. The van der Waals surface area contributed by atoms with Crippen LogP contribution in [0.5, 0.6) is 0 Å². The van der Waals surface area contributed by atoms with Gasteiger partial charge in [-0.15, -0.1) is 0 Å². The predicted octanol–water partition coefficient (Wildman–Crippen LogP) is 1.80. The van der Waals surface area contributed by atoms with Gasteiger partial charge in [0.25, 0.3) is 0 Å². The van der Waals surface area contributed by atoms with Crippen LogP contribution in [0.15, 0.2) is 4.90 Å². The van der Waals surface area contributed by atoms with E-state index >= 15 is 0 Å². The molecule has 0 amide bonds. The molecule has 1 fully saturated rings. The summed E-state index contributed by atoms with van der Waals surface area (Å²) in [4.78, 5) is 2.51. The molecule has 1 aromatic heterocycles. The van der Waals surface area contributed by atoms with Gasteiger partial charge in [-0.3, -0.25) is 0 Å². The second kappa shape index (κ2) is 6.50. The van der Waals surface area contributed by atoms with Crippen LogP contribution in [0.4, 0.5) is 10.8 Å². The van der Waals surface area contributed by atoms with Gasteiger partial charge in [-0.2, -0.15) is 4.37 Å². The fourth-order valence-corrected chi connectivity index (χ4v) is 5.35. The van der Waals surface area contributed by atoms with Crippen molar-refractivity contribution in [2.75, 3.05) is 30.4 Å². The number of hydrogen-bond donors (Lipinski definition) is 2. The molecule has 6 nitrogen and oxygen atoms in total. The van der Waals surface area contributed by atoms with Crippen LogP contribution in [0.25, 0.3) is 0 Å². The van der Waals surface area contributed by atoms with E-state index in [1.165, 1.54) is 0 Å². The predicted molar refractivity (Wildman–Crippen MR) is 87.6 cm³/mol. The standard InChI is InChI=1S/C13H24N4O2S2/c1-4-7-21(18,19)11-12(14)16-20-13(11)15-10-5-6-17(3)9(2)8-10/h9-10,15H,4-8H2,1-3H3,(H2,14,16). The van der Waals surface area contributed by atoms with E-state index in [0.717, 1.165) is 30.9 Å². The molecule has 2 atom stereocenters. The third kappa shape index (κ3) is 3.67. The molecule has 1 saturated heterocycles. The van der Waals surface area contributed by atoms with E-state index in [9.17, 15) is 8.42 Å². The first-order valence-corrected chi connectivity index (χ1v) is 9.72. The molecule has 8 heteroatoms. The zero-order valence-electron chi connectivity index (χ0n) is 12.8. The lowest BCUT2D eigenvalue weighted by Crippen LogP contribution is -2.42. The van der Waals surface area contributed by atoms with Gasteiger partial charge in [-0.25, -0.2) is 8.42 Å². The van der Waals surface area contributed by atoms with Crippen LogP contribution in [0.2, 0.25) is 0 Å². The monoisotopic (exact) mass is 332 g/mol. The molecule has 0 bridgehead atoms. The third-order valence-electron chi connectivity index (χ3n) is 4.00. The normalized spacial score (nSPS) is 24.1. The van der Waals surface area contributed by atoms with Gasteiger partial charge in [0.05, 0.1) is 5.75 Å². The number of piperidine rings is 1. The molecule has 0 spiro atoms. The van der Waals surface area contributed by atoms with Crippen molar-refractivity contribution >= 4 is 32.2 Å². The van der Waals surface area contributed by atoms with Crippen LogP contribution in [0.3, 0.4) is 0 Å². The van der Waals surface area contributed by atoms with Crippen LogP contribution in [0.1, 0.15) is 33.1 Å². The first-order chi connectivity index (χ1) is 9.85. The van der Waals surface area contributed by atoms with Gasteiger partial charge in [-0.1, -0.05) is 6.92 Å². The highest BCUT2D eigenvalue weighted by Crippen LogP contribution is 2.34. The van der Waals surface area contributed by atoms with Gasteiger partial charge in [0.2, 0.25) is 0 Å². The fraction of sp³-hybridized carbons (Fsp3) is 0.769. The molecule has 120 valence electrons. The molecule has 1 aliphatic rings. The van der Waals surface area contributed by atoms with Crippen molar-refractivity contribution < 1.29 is 8.42 Å². The summed E-state index contributed by atoms with van der Waals surface area (Å²) in [7, 11) is -1.24. The zero-order valence-corrected chi connectivity index (χ0v) is 14.4. The Morgan fingerprint density at radius 1 is 1.52 bits per heavy atom. The van der Waals surface area contributed by atoms with E-state index in [4.69, 9.17) is 5.73 Å². The van der Waals surface area contributed by atoms with Crippen LogP contribution < -0.4 is 11.1 Å². The van der Waals surface area contributed by atoms with E-state index < -0.39 is 9.84 Å². The van der Waals surface area contributed by atoms with E-state index in [-0.39, 0.29) is 22.5 Å². The minimum Gasteiger partial charge on any atom is -0.382 e. The lowest BCUT2D eigenvalue weighted by Gasteiger charge is -2.35. The van der Waals surface area contributed by atoms with E-state index in [0.29, 0.717) is 17.5 Å². The molecule has 21 heavy (non-hydrogen) atoms. The van der Waals surface area contributed by atoms with Gasteiger partial charge in [0, 0.05) is 18.6 Å². The lowest BCUT2D eigenvalue weighted by atomic mass is 9.99. The summed E-state index contributed by atoms with van der Waals surface area (Å²) in [6.45, 7) is 5.03. The van der Waals surface area contributed by atoms with Crippen molar-refractivity contribution in [1.82, 2.24) is 9.27 Å². The highest BCUT2D eigenvalue weighted by atomic mass is 32.2.